The van der Waals surface area contributed by atoms with Crippen molar-refractivity contribution < 1.29 is 9.84 Å². The van der Waals surface area contributed by atoms with E-state index >= 15 is 0 Å². The third kappa shape index (κ3) is 3.49. The SMILES string of the molecule is COc1ccc([C@H](O)C2(C)Sc3ccc4ccccc4c3-c3c(ccc4ccccc34)S2)cc1. The molecule has 0 amide bonds. The van der Waals surface area contributed by atoms with Crippen LogP contribution in [0.2, 0.25) is 0 Å². The molecule has 0 bridgehead atoms. The van der Waals surface area contributed by atoms with Crippen molar-refractivity contribution in [3.8, 4) is 16.9 Å². The monoisotopic (exact) mass is 480 g/mol. The van der Waals surface area contributed by atoms with Gasteiger partial charge in [-0.1, -0.05) is 72.8 Å². The Bertz CT molecular complexity index is 1440. The van der Waals surface area contributed by atoms with Crippen LogP contribution >= 0.6 is 23.5 Å². The molecule has 1 atom stereocenters. The van der Waals surface area contributed by atoms with Crippen LogP contribution in [0.5, 0.6) is 5.75 Å². The highest BCUT2D eigenvalue weighted by molar-refractivity contribution is 8.18. The lowest BCUT2D eigenvalue weighted by molar-refractivity contribution is 0.169. The highest BCUT2D eigenvalue weighted by atomic mass is 32.2. The summed E-state index contributed by atoms with van der Waals surface area (Å²) in [6, 6.07) is 33.8. The second-order valence-electron chi connectivity index (χ2n) is 8.72. The molecule has 0 unspecified atom stereocenters. The molecule has 168 valence electrons. The Labute approximate surface area is 208 Å². The molecule has 1 N–H and O–H groups in total. The number of rotatable bonds is 3. The standard InChI is InChI=1S/C30H24O2S2/c1-30(29(31)21-11-15-22(32-2)16-12-21)33-25-17-13-19-7-3-5-9-23(19)27(25)28-24-10-6-4-8-20(24)14-18-26(28)34-30/h3-18,29,31H,1-2H3/t29-/m0/s1. The molecule has 0 radical (unpaired) electrons. The third-order valence-corrected chi connectivity index (χ3v) is 9.46. The minimum Gasteiger partial charge on any atom is -0.497 e. The fourth-order valence-corrected chi connectivity index (χ4v) is 7.82. The first-order valence-corrected chi connectivity index (χ1v) is 12.9. The van der Waals surface area contributed by atoms with E-state index in [9.17, 15) is 5.11 Å². The molecule has 4 heteroatoms. The molecule has 1 heterocycles. The van der Waals surface area contributed by atoms with Crippen molar-refractivity contribution >= 4 is 45.1 Å². The molecule has 0 spiro atoms. The number of fused-ring (bicyclic) bond motifs is 7. The van der Waals surface area contributed by atoms with Gasteiger partial charge in [-0.15, -0.1) is 23.5 Å². The van der Waals surface area contributed by atoms with Crippen LogP contribution < -0.4 is 4.74 Å². The minimum atomic E-state index is -0.676. The van der Waals surface area contributed by atoms with Crippen molar-refractivity contribution in [1.82, 2.24) is 0 Å². The fraction of sp³-hybridized carbons (Fsp3) is 0.133. The van der Waals surface area contributed by atoms with Crippen LogP contribution in [0.1, 0.15) is 18.6 Å². The van der Waals surface area contributed by atoms with Crippen molar-refractivity contribution in [2.24, 2.45) is 0 Å². The number of methoxy groups -OCH3 is 1. The van der Waals surface area contributed by atoms with Crippen molar-refractivity contribution in [2.75, 3.05) is 7.11 Å². The van der Waals surface area contributed by atoms with Gasteiger partial charge in [-0.3, -0.25) is 0 Å². The summed E-state index contributed by atoms with van der Waals surface area (Å²) in [5.74, 6) is 0.788. The zero-order valence-corrected chi connectivity index (χ0v) is 20.6. The number of hydrogen-bond donors (Lipinski definition) is 1. The van der Waals surface area contributed by atoms with Gasteiger partial charge in [0.2, 0.25) is 0 Å². The van der Waals surface area contributed by atoms with Gasteiger partial charge in [0.05, 0.1) is 11.2 Å². The van der Waals surface area contributed by atoms with Crippen molar-refractivity contribution in [3.05, 3.63) is 103 Å². The minimum absolute atomic E-state index is 0.528. The van der Waals surface area contributed by atoms with Crippen molar-refractivity contribution in [2.45, 2.75) is 26.9 Å². The number of thioether (sulfide) groups is 2. The van der Waals surface area contributed by atoms with Gasteiger partial charge in [0.15, 0.2) is 0 Å². The van der Waals surface area contributed by atoms with E-state index in [0.717, 1.165) is 11.3 Å². The zero-order chi connectivity index (χ0) is 23.3. The first kappa shape index (κ1) is 21.6. The highest BCUT2D eigenvalue weighted by Gasteiger charge is 2.40. The first-order chi connectivity index (χ1) is 16.6. The lowest BCUT2D eigenvalue weighted by Gasteiger charge is -2.33. The van der Waals surface area contributed by atoms with Gasteiger partial charge in [0.1, 0.15) is 11.9 Å². The summed E-state index contributed by atoms with van der Waals surface area (Å²) in [6.07, 6.45) is -0.676. The summed E-state index contributed by atoms with van der Waals surface area (Å²) < 4.78 is 4.79. The van der Waals surface area contributed by atoms with Gasteiger partial charge in [0, 0.05) is 20.9 Å². The Morgan fingerprint density at radius 1 is 0.676 bits per heavy atom. The maximum atomic E-state index is 11.7. The molecule has 2 nitrogen and oxygen atoms in total. The first-order valence-electron chi connectivity index (χ1n) is 11.3. The number of benzene rings is 5. The van der Waals surface area contributed by atoms with Gasteiger partial charge in [-0.2, -0.15) is 0 Å². The smallest absolute Gasteiger partial charge is 0.118 e. The van der Waals surface area contributed by atoms with Gasteiger partial charge < -0.3 is 9.84 Å². The van der Waals surface area contributed by atoms with Gasteiger partial charge in [-0.05, 0) is 58.3 Å². The van der Waals surface area contributed by atoms with Crippen molar-refractivity contribution in [3.63, 3.8) is 0 Å². The van der Waals surface area contributed by atoms with Crippen LogP contribution in [-0.4, -0.2) is 16.3 Å². The zero-order valence-electron chi connectivity index (χ0n) is 19.0. The molecule has 0 saturated carbocycles. The van der Waals surface area contributed by atoms with Crippen LogP contribution in [0.25, 0.3) is 32.7 Å². The predicted octanol–water partition coefficient (Wildman–Crippen LogP) is 8.32. The number of ether oxygens (including phenoxy) is 1. The second kappa shape index (κ2) is 8.38. The number of aliphatic hydroxyl groups excluding tert-OH is 1. The van der Waals surface area contributed by atoms with Crippen LogP contribution in [0, 0.1) is 0 Å². The van der Waals surface area contributed by atoms with E-state index in [0.29, 0.717) is 0 Å². The van der Waals surface area contributed by atoms with E-state index in [2.05, 4.69) is 79.7 Å². The van der Waals surface area contributed by atoms with E-state index in [4.69, 9.17) is 4.74 Å². The normalized spacial score (nSPS) is 15.4. The topological polar surface area (TPSA) is 29.5 Å². The highest BCUT2D eigenvalue weighted by Crippen LogP contribution is 2.60. The summed E-state index contributed by atoms with van der Waals surface area (Å²) >= 11 is 3.51. The molecule has 1 aliphatic heterocycles. The Kier molecular flexibility index (Phi) is 5.33. The summed E-state index contributed by atoms with van der Waals surface area (Å²) in [6.45, 7) is 2.15. The average molecular weight is 481 g/mol. The number of hydrogen-bond acceptors (Lipinski definition) is 4. The van der Waals surface area contributed by atoms with Crippen LogP contribution in [0.4, 0.5) is 0 Å². The molecule has 5 aromatic rings. The largest absolute Gasteiger partial charge is 0.497 e. The maximum absolute atomic E-state index is 11.7. The van der Waals surface area contributed by atoms with Crippen molar-refractivity contribution in [1.29, 1.82) is 0 Å². The Hall–Kier alpha value is -2.92. The Balaban J connectivity index is 1.61. The molecular weight excluding hydrogens is 456 g/mol. The molecule has 0 aliphatic carbocycles. The molecule has 0 saturated heterocycles. The predicted molar refractivity (Wildman–Crippen MR) is 145 cm³/mol. The van der Waals surface area contributed by atoms with Gasteiger partial charge in [-0.25, -0.2) is 0 Å². The van der Waals surface area contributed by atoms with Gasteiger partial charge >= 0.3 is 0 Å². The lowest BCUT2D eigenvalue weighted by atomic mass is 9.94. The molecule has 0 fully saturated rings. The molecule has 34 heavy (non-hydrogen) atoms. The van der Waals surface area contributed by atoms with E-state index in [-0.39, 0.29) is 0 Å². The summed E-state index contributed by atoms with van der Waals surface area (Å²) in [5, 5.41) is 16.6. The van der Waals surface area contributed by atoms with Crippen LogP contribution in [0.15, 0.2) is 107 Å². The van der Waals surface area contributed by atoms with E-state index in [1.807, 2.05) is 24.3 Å². The molecule has 1 aliphatic rings. The average Bonchev–Trinajstić information content (AvgIpc) is 3.02. The third-order valence-electron chi connectivity index (χ3n) is 6.59. The maximum Gasteiger partial charge on any atom is 0.118 e. The van der Waals surface area contributed by atoms with E-state index in [1.165, 1.54) is 42.5 Å². The molecule has 0 aromatic heterocycles. The lowest BCUT2D eigenvalue weighted by Crippen LogP contribution is -2.25. The molecule has 5 aromatic carbocycles. The van der Waals surface area contributed by atoms with E-state index < -0.39 is 10.2 Å². The second-order valence-corrected chi connectivity index (χ2v) is 12.0. The van der Waals surface area contributed by atoms with E-state index in [1.54, 1.807) is 30.6 Å². The Morgan fingerprint density at radius 3 is 1.68 bits per heavy atom. The summed E-state index contributed by atoms with van der Waals surface area (Å²) in [5.41, 5.74) is 3.40. The number of aliphatic hydroxyl groups is 1. The summed E-state index contributed by atoms with van der Waals surface area (Å²) in [7, 11) is 1.66. The fourth-order valence-electron chi connectivity index (χ4n) is 4.85. The van der Waals surface area contributed by atoms with Gasteiger partial charge in [0.25, 0.3) is 0 Å². The quantitative estimate of drug-likeness (QED) is 0.281. The molecule has 6 rings (SSSR count). The molecular formula is C30H24O2S2. The summed E-state index contributed by atoms with van der Waals surface area (Å²) in [4.78, 5) is 2.38. The Morgan fingerprint density at radius 2 is 1.18 bits per heavy atom. The van der Waals surface area contributed by atoms with Crippen LogP contribution in [-0.2, 0) is 0 Å². The van der Waals surface area contributed by atoms with Crippen LogP contribution in [0.3, 0.4) is 0 Å².